The van der Waals surface area contributed by atoms with Crippen LogP contribution in [0.5, 0.6) is 0 Å². The van der Waals surface area contributed by atoms with Crippen molar-refractivity contribution in [2.24, 2.45) is 5.92 Å². The molecule has 0 bridgehead atoms. The maximum atomic E-state index is 13.2. The van der Waals surface area contributed by atoms with Crippen LogP contribution in [0.15, 0.2) is 48.5 Å². The summed E-state index contributed by atoms with van der Waals surface area (Å²) in [6, 6.07) is 15.2. The summed E-state index contributed by atoms with van der Waals surface area (Å²) in [5.41, 5.74) is 1.52. The summed E-state index contributed by atoms with van der Waals surface area (Å²) in [7, 11) is -0.436. The van der Waals surface area contributed by atoms with Gasteiger partial charge in [-0.3, -0.25) is 14.5 Å². The van der Waals surface area contributed by atoms with Crippen LogP contribution in [0.1, 0.15) is 73.7 Å². The number of rotatable bonds is 3. The van der Waals surface area contributed by atoms with Crippen molar-refractivity contribution in [1.82, 2.24) is 4.90 Å². The SMILES string of the molecule is CC1CC(c2ccc(B3OC(C)(C)C(C)(C)O3)cc2)(N2C(=O)c3ccccc3C2=O)C1.S. The molecule has 7 heteroatoms. The smallest absolute Gasteiger partial charge is 0.399 e. The number of imide groups is 1. The van der Waals surface area contributed by atoms with Crippen LogP contribution in [0.2, 0.25) is 0 Å². The lowest BCUT2D eigenvalue weighted by atomic mass is 9.63. The molecule has 1 saturated heterocycles. The van der Waals surface area contributed by atoms with E-state index in [2.05, 4.69) is 6.92 Å². The largest absolute Gasteiger partial charge is 0.494 e. The molecule has 0 unspecified atom stereocenters. The van der Waals surface area contributed by atoms with Gasteiger partial charge in [-0.25, -0.2) is 0 Å². The van der Waals surface area contributed by atoms with E-state index in [-0.39, 0.29) is 25.3 Å². The van der Waals surface area contributed by atoms with Crippen molar-refractivity contribution in [3.8, 4) is 0 Å². The molecule has 5 rings (SSSR count). The lowest BCUT2D eigenvalue weighted by Gasteiger charge is -2.51. The van der Waals surface area contributed by atoms with Gasteiger partial charge in [-0.15, -0.1) is 0 Å². The van der Waals surface area contributed by atoms with Gasteiger partial charge in [-0.05, 0) is 69.6 Å². The molecule has 0 N–H and O–H groups in total. The zero-order valence-corrected chi connectivity index (χ0v) is 20.3. The molecule has 2 heterocycles. The van der Waals surface area contributed by atoms with Crippen molar-refractivity contribution < 1.29 is 18.9 Å². The number of carbonyl (C=O) groups is 2. The minimum absolute atomic E-state index is 0. The summed E-state index contributed by atoms with van der Waals surface area (Å²) < 4.78 is 12.3. The molecule has 2 aromatic carbocycles. The van der Waals surface area contributed by atoms with E-state index in [1.54, 1.807) is 12.1 Å². The van der Waals surface area contributed by atoms with Crippen LogP contribution in [0.3, 0.4) is 0 Å². The van der Waals surface area contributed by atoms with Crippen LogP contribution >= 0.6 is 13.5 Å². The van der Waals surface area contributed by atoms with E-state index in [1.165, 1.54) is 4.90 Å². The molecule has 0 radical (unpaired) electrons. The Labute approximate surface area is 197 Å². The summed E-state index contributed by atoms with van der Waals surface area (Å²) in [5.74, 6) is 0.0668. The maximum absolute atomic E-state index is 13.2. The highest BCUT2D eigenvalue weighted by molar-refractivity contribution is 7.59. The van der Waals surface area contributed by atoms with Gasteiger partial charge in [0.1, 0.15) is 0 Å². The second kappa shape index (κ2) is 7.47. The molecule has 32 heavy (non-hydrogen) atoms. The zero-order valence-electron chi connectivity index (χ0n) is 19.3. The zero-order chi connectivity index (χ0) is 22.2. The topological polar surface area (TPSA) is 55.8 Å². The van der Waals surface area contributed by atoms with Crippen molar-refractivity contribution in [3.05, 3.63) is 65.2 Å². The lowest BCUT2D eigenvalue weighted by Crippen LogP contribution is -2.56. The van der Waals surface area contributed by atoms with Crippen LogP contribution in [0.4, 0.5) is 0 Å². The van der Waals surface area contributed by atoms with Crippen LogP contribution in [0.25, 0.3) is 0 Å². The van der Waals surface area contributed by atoms with Gasteiger partial charge in [0, 0.05) is 0 Å². The van der Waals surface area contributed by atoms with Gasteiger partial charge in [0.2, 0.25) is 0 Å². The van der Waals surface area contributed by atoms with Gasteiger partial charge in [-0.2, -0.15) is 13.5 Å². The molecule has 1 aliphatic carbocycles. The van der Waals surface area contributed by atoms with Gasteiger partial charge in [0.15, 0.2) is 0 Å². The number of carbonyl (C=O) groups excluding carboxylic acids is 2. The second-order valence-electron chi connectivity index (χ2n) is 10.2. The fourth-order valence-electron chi connectivity index (χ4n) is 5.15. The van der Waals surface area contributed by atoms with E-state index in [1.807, 2.05) is 64.1 Å². The first-order chi connectivity index (χ1) is 14.6. The van der Waals surface area contributed by atoms with Crippen molar-refractivity contribution in [1.29, 1.82) is 0 Å². The number of fused-ring (bicyclic) bond motifs is 1. The van der Waals surface area contributed by atoms with Crippen molar-refractivity contribution in [2.45, 2.75) is 64.2 Å². The molecule has 0 aromatic heterocycles. The summed E-state index contributed by atoms with van der Waals surface area (Å²) in [6.07, 6.45) is 1.54. The van der Waals surface area contributed by atoms with Crippen LogP contribution in [-0.4, -0.2) is 35.0 Å². The van der Waals surface area contributed by atoms with Crippen molar-refractivity contribution in [3.63, 3.8) is 0 Å². The Balaban J connectivity index is 0.00000245. The summed E-state index contributed by atoms with van der Waals surface area (Å²) >= 11 is 0. The Morgan fingerprint density at radius 3 is 1.75 bits per heavy atom. The summed E-state index contributed by atoms with van der Waals surface area (Å²) in [5, 5.41) is 0. The fraction of sp³-hybridized carbons (Fsp3) is 0.440. The molecule has 168 valence electrons. The first kappa shape index (κ1) is 23.1. The van der Waals surface area contributed by atoms with Crippen LogP contribution in [-0.2, 0) is 14.8 Å². The number of hydrogen-bond donors (Lipinski definition) is 0. The molecule has 2 aromatic rings. The van der Waals surface area contributed by atoms with Crippen molar-refractivity contribution in [2.75, 3.05) is 0 Å². The highest BCUT2D eigenvalue weighted by atomic mass is 32.1. The monoisotopic (exact) mass is 451 g/mol. The Kier molecular flexibility index (Phi) is 5.39. The Morgan fingerprint density at radius 1 is 0.844 bits per heavy atom. The molecule has 2 amide bonds. The van der Waals surface area contributed by atoms with Crippen LogP contribution < -0.4 is 5.46 Å². The van der Waals surface area contributed by atoms with Crippen molar-refractivity contribution >= 4 is 37.9 Å². The minimum Gasteiger partial charge on any atom is -0.399 e. The summed E-state index contributed by atoms with van der Waals surface area (Å²) in [4.78, 5) is 27.9. The Morgan fingerprint density at radius 2 is 1.31 bits per heavy atom. The third-order valence-electron chi connectivity index (χ3n) is 7.57. The Bertz CT molecular complexity index is 1020. The van der Waals surface area contributed by atoms with E-state index >= 15 is 0 Å². The predicted molar refractivity (Wildman–Crippen MR) is 130 cm³/mol. The molecular weight excluding hydrogens is 421 g/mol. The molecule has 0 spiro atoms. The van der Waals surface area contributed by atoms with Gasteiger partial charge >= 0.3 is 7.12 Å². The van der Waals surface area contributed by atoms with E-state index < -0.39 is 23.9 Å². The molecule has 1 saturated carbocycles. The normalized spacial score (nSPS) is 27.7. The number of benzene rings is 2. The van der Waals surface area contributed by atoms with Crippen LogP contribution in [0, 0.1) is 5.92 Å². The first-order valence-electron chi connectivity index (χ1n) is 11.0. The quantitative estimate of drug-likeness (QED) is 0.523. The standard InChI is InChI=1S/C25H28BNO4.H2S/c1-16-14-25(15-16,27-21(28)19-8-6-7-9-20(19)22(27)29)17-10-12-18(13-11-17)26-30-23(2,3)24(4,5)31-26;/h6-13,16H,14-15H2,1-5H3;1H2. The molecule has 2 fully saturated rings. The predicted octanol–water partition coefficient (Wildman–Crippen LogP) is 4.02. The van der Waals surface area contributed by atoms with E-state index in [0.717, 1.165) is 23.9 Å². The molecular formula is C25H30BNO4S. The van der Waals surface area contributed by atoms with E-state index in [0.29, 0.717) is 17.0 Å². The molecule has 3 aliphatic rings. The highest BCUT2D eigenvalue weighted by Gasteiger charge is 2.56. The third-order valence-corrected chi connectivity index (χ3v) is 7.57. The van der Waals surface area contributed by atoms with E-state index in [4.69, 9.17) is 9.31 Å². The fourth-order valence-corrected chi connectivity index (χ4v) is 5.15. The van der Waals surface area contributed by atoms with Gasteiger partial charge in [0.05, 0.1) is 27.9 Å². The maximum Gasteiger partial charge on any atom is 0.494 e. The molecule has 5 nitrogen and oxygen atoms in total. The average Bonchev–Trinajstić information content (AvgIpc) is 3.08. The number of amides is 2. The third kappa shape index (κ3) is 3.17. The van der Waals surface area contributed by atoms with Gasteiger partial charge < -0.3 is 9.31 Å². The molecule has 0 atom stereocenters. The first-order valence-corrected chi connectivity index (χ1v) is 11.0. The minimum atomic E-state index is -0.596. The average molecular weight is 451 g/mol. The van der Waals surface area contributed by atoms with Gasteiger partial charge in [-0.1, -0.05) is 43.3 Å². The summed E-state index contributed by atoms with van der Waals surface area (Å²) in [6.45, 7) is 10.3. The molecule has 2 aliphatic heterocycles. The number of hydrogen-bond acceptors (Lipinski definition) is 4. The van der Waals surface area contributed by atoms with E-state index in [9.17, 15) is 9.59 Å². The highest BCUT2D eigenvalue weighted by Crippen LogP contribution is 2.52. The Hall–Kier alpha value is -2.09. The number of nitrogens with zero attached hydrogens (tertiary/aromatic N) is 1. The van der Waals surface area contributed by atoms with Gasteiger partial charge in [0.25, 0.3) is 11.8 Å². The second-order valence-corrected chi connectivity index (χ2v) is 10.2. The lowest BCUT2D eigenvalue weighted by molar-refractivity contribution is -0.00198.